The summed E-state index contributed by atoms with van der Waals surface area (Å²) in [5.74, 6) is 0.831. The van der Waals surface area contributed by atoms with E-state index in [0.29, 0.717) is 31.1 Å². The Kier molecular flexibility index (Phi) is 9.05. The summed E-state index contributed by atoms with van der Waals surface area (Å²) < 4.78 is 11.4. The Bertz CT molecular complexity index is 923. The fraction of sp³-hybridized carbons (Fsp3) is 0.250. The molecule has 1 atom stereocenters. The molecule has 0 aliphatic heterocycles. The van der Waals surface area contributed by atoms with Crippen molar-refractivity contribution in [1.29, 1.82) is 0 Å². The molecule has 4 nitrogen and oxygen atoms in total. The summed E-state index contributed by atoms with van der Waals surface area (Å²) in [7, 11) is 0. The number of aliphatic hydroxyl groups is 1. The standard InChI is InChI=1S/C24H26ClNO3S/c25-23-16-22(11-10-19(23)14-24(26)28-13-5-12-27)30-21-9-4-8-20(15-21)29-17-18-6-2-1-3-7-18/h1-4,6-11,15-16,24,27H,5,12-14,17,26H2. The van der Waals surface area contributed by atoms with Crippen molar-refractivity contribution >= 4 is 23.4 Å². The first kappa shape index (κ1) is 22.7. The third-order valence-electron chi connectivity index (χ3n) is 4.37. The van der Waals surface area contributed by atoms with Gasteiger partial charge in [-0.15, -0.1) is 0 Å². The molecule has 3 N–H and O–H groups in total. The van der Waals surface area contributed by atoms with Gasteiger partial charge in [0.05, 0.1) is 6.61 Å². The second kappa shape index (κ2) is 12.0. The minimum Gasteiger partial charge on any atom is -0.489 e. The van der Waals surface area contributed by atoms with Crippen LogP contribution in [0.2, 0.25) is 5.02 Å². The summed E-state index contributed by atoms with van der Waals surface area (Å²) in [5, 5.41) is 9.48. The number of hydrogen-bond acceptors (Lipinski definition) is 5. The lowest BCUT2D eigenvalue weighted by molar-refractivity contribution is 0.0486. The molecule has 158 valence electrons. The molecule has 3 aromatic rings. The van der Waals surface area contributed by atoms with Crippen molar-refractivity contribution in [3.05, 3.63) is 88.9 Å². The largest absolute Gasteiger partial charge is 0.489 e. The monoisotopic (exact) mass is 443 g/mol. The topological polar surface area (TPSA) is 64.7 Å². The number of halogens is 1. The van der Waals surface area contributed by atoms with E-state index in [0.717, 1.165) is 26.7 Å². The molecule has 0 aromatic heterocycles. The van der Waals surface area contributed by atoms with E-state index in [1.165, 1.54) is 0 Å². The Hall–Kier alpha value is -2.02. The highest BCUT2D eigenvalue weighted by atomic mass is 35.5. The molecule has 1 unspecified atom stereocenters. The van der Waals surface area contributed by atoms with Crippen LogP contribution in [-0.2, 0) is 17.8 Å². The summed E-state index contributed by atoms with van der Waals surface area (Å²) in [5.41, 5.74) is 8.06. The molecule has 6 heteroatoms. The van der Waals surface area contributed by atoms with E-state index in [-0.39, 0.29) is 6.61 Å². The summed E-state index contributed by atoms with van der Waals surface area (Å²) in [6.45, 7) is 1.07. The first-order valence-corrected chi connectivity index (χ1v) is 11.0. The van der Waals surface area contributed by atoms with Crippen LogP contribution in [0.5, 0.6) is 5.75 Å². The fourth-order valence-corrected chi connectivity index (χ4v) is 4.07. The molecule has 0 amide bonds. The number of rotatable bonds is 11. The highest BCUT2D eigenvalue weighted by Crippen LogP contribution is 2.33. The maximum atomic E-state index is 8.81. The Balaban J connectivity index is 1.57. The van der Waals surface area contributed by atoms with E-state index in [1.807, 2.05) is 72.8 Å². The van der Waals surface area contributed by atoms with Gasteiger partial charge in [-0.05, 0) is 47.9 Å². The Morgan fingerprint density at radius 3 is 2.53 bits per heavy atom. The minimum absolute atomic E-state index is 0.0951. The van der Waals surface area contributed by atoms with Gasteiger partial charge in [0.2, 0.25) is 0 Å². The van der Waals surface area contributed by atoms with Crippen molar-refractivity contribution in [1.82, 2.24) is 0 Å². The van der Waals surface area contributed by atoms with Crippen LogP contribution in [0, 0.1) is 0 Å². The molecular formula is C24H26ClNO3S. The molecule has 3 aromatic carbocycles. The van der Waals surface area contributed by atoms with E-state index >= 15 is 0 Å². The van der Waals surface area contributed by atoms with Crippen LogP contribution >= 0.6 is 23.4 Å². The van der Waals surface area contributed by atoms with Gasteiger partial charge >= 0.3 is 0 Å². The quantitative estimate of drug-likeness (QED) is 0.311. The van der Waals surface area contributed by atoms with Crippen molar-refractivity contribution in [2.45, 2.75) is 35.5 Å². The summed E-state index contributed by atoms with van der Waals surface area (Å²) in [6, 6.07) is 24.1. The number of nitrogens with two attached hydrogens (primary N) is 1. The van der Waals surface area contributed by atoms with Gasteiger partial charge in [0.25, 0.3) is 0 Å². The Labute approximate surface area is 187 Å². The van der Waals surface area contributed by atoms with Gasteiger partial charge in [0.15, 0.2) is 0 Å². The van der Waals surface area contributed by atoms with Gasteiger partial charge in [-0.25, -0.2) is 0 Å². The molecule has 0 radical (unpaired) electrons. The van der Waals surface area contributed by atoms with E-state index in [9.17, 15) is 0 Å². The molecule has 0 bridgehead atoms. The third-order valence-corrected chi connectivity index (χ3v) is 5.70. The molecule has 0 saturated heterocycles. The van der Waals surface area contributed by atoms with Crippen LogP contribution in [0.15, 0.2) is 82.6 Å². The van der Waals surface area contributed by atoms with E-state index in [1.54, 1.807) is 11.8 Å². The highest BCUT2D eigenvalue weighted by molar-refractivity contribution is 7.99. The summed E-state index contributed by atoms with van der Waals surface area (Å²) >= 11 is 8.09. The van der Waals surface area contributed by atoms with Gasteiger partial charge in [-0.2, -0.15) is 0 Å². The number of aliphatic hydroxyl groups excluding tert-OH is 1. The predicted molar refractivity (Wildman–Crippen MR) is 122 cm³/mol. The lowest BCUT2D eigenvalue weighted by atomic mass is 10.1. The van der Waals surface area contributed by atoms with Crippen molar-refractivity contribution in [3.63, 3.8) is 0 Å². The number of ether oxygens (including phenoxy) is 2. The van der Waals surface area contributed by atoms with Crippen LogP contribution in [0.25, 0.3) is 0 Å². The molecule has 3 rings (SSSR count). The van der Waals surface area contributed by atoms with Crippen LogP contribution in [0.1, 0.15) is 17.5 Å². The lowest BCUT2D eigenvalue weighted by Gasteiger charge is -2.14. The van der Waals surface area contributed by atoms with Crippen LogP contribution in [0.3, 0.4) is 0 Å². The van der Waals surface area contributed by atoms with Crippen LogP contribution < -0.4 is 10.5 Å². The first-order chi connectivity index (χ1) is 14.6. The zero-order valence-electron chi connectivity index (χ0n) is 16.7. The highest BCUT2D eigenvalue weighted by Gasteiger charge is 2.09. The van der Waals surface area contributed by atoms with E-state index < -0.39 is 6.23 Å². The average molecular weight is 444 g/mol. The van der Waals surface area contributed by atoms with Crippen LogP contribution in [0.4, 0.5) is 0 Å². The van der Waals surface area contributed by atoms with Crippen molar-refractivity contribution in [3.8, 4) is 5.75 Å². The Morgan fingerprint density at radius 2 is 1.77 bits per heavy atom. The molecule has 30 heavy (non-hydrogen) atoms. The average Bonchev–Trinajstić information content (AvgIpc) is 2.75. The zero-order valence-corrected chi connectivity index (χ0v) is 18.2. The van der Waals surface area contributed by atoms with E-state index in [4.69, 9.17) is 31.9 Å². The third kappa shape index (κ3) is 7.35. The number of hydrogen-bond donors (Lipinski definition) is 2. The smallest absolute Gasteiger partial charge is 0.120 e. The second-order valence-corrected chi connectivity index (χ2v) is 8.35. The summed E-state index contributed by atoms with van der Waals surface area (Å²) in [6.07, 6.45) is 0.661. The number of benzene rings is 3. The van der Waals surface area contributed by atoms with Crippen molar-refractivity contribution in [2.24, 2.45) is 5.73 Å². The van der Waals surface area contributed by atoms with Crippen LogP contribution in [-0.4, -0.2) is 24.5 Å². The molecule has 0 aliphatic rings. The first-order valence-electron chi connectivity index (χ1n) is 9.85. The fourth-order valence-electron chi connectivity index (χ4n) is 2.84. The molecule has 0 fully saturated rings. The second-order valence-electron chi connectivity index (χ2n) is 6.79. The predicted octanol–water partition coefficient (Wildman–Crippen LogP) is 5.30. The van der Waals surface area contributed by atoms with Gasteiger partial charge < -0.3 is 20.3 Å². The Morgan fingerprint density at radius 1 is 0.967 bits per heavy atom. The van der Waals surface area contributed by atoms with Gasteiger partial charge in [0, 0.05) is 27.8 Å². The maximum absolute atomic E-state index is 8.81. The summed E-state index contributed by atoms with van der Waals surface area (Å²) in [4.78, 5) is 2.12. The maximum Gasteiger partial charge on any atom is 0.120 e. The van der Waals surface area contributed by atoms with Gasteiger partial charge in [-0.1, -0.05) is 65.8 Å². The van der Waals surface area contributed by atoms with Crippen molar-refractivity contribution in [2.75, 3.05) is 13.2 Å². The molecule has 0 spiro atoms. The normalized spacial score (nSPS) is 12.0. The lowest BCUT2D eigenvalue weighted by Crippen LogP contribution is -2.27. The molecule has 0 saturated carbocycles. The van der Waals surface area contributed by atoms with Gasteiger partial charge in [0.1, 0.15) is 18.6 Å². The molecular weight excluding hydrogens is 418 g/mol. The van der Waals surface area contributed by atoms with Crippen molar-refractivity contribution < 1.29 is 14.6 Å². The van der Waals surface area contributed by atoms with Gasteiger partial charge in [-0.3, -0.25) is 0 Å². The zero-order chi connectivity index (χ0) is 21.2. The molecule has 0 heterocycles. The minimum atomic E-state index is -0.439. The molecule has 0 aliphatic carbocycles. The van der Waals surface area contributed by atoms with E-state index in [2.05, 4.69) is 0 Å². The SMILES string of the molecule is NC(Cc1ccc(Sc2cccc(OCc3ccccc3)c2)cc1Cl)OCCCO.